The van der Waals surface area contributed by atoms with E-state index in [1.54, 1.807) is 4.90 Å². The molecule has 1 amide bonds. The average molecular weight is 267 g/mol. The Labute approximate surface area is 121 Å². The minimum Gasteiger partial charge on any atom is -0.314 e. The predicted molar refractivity (Wildman–Crippen MR) is 84.7 cm³/mol. The molecular weight excluding hydrogens is 246 g/mol. The first kappa shape index (κ1) is 14.3. The van der Waals surface area contributed by atoms with Gasteiger partial charge in [-0.3, -0.25) is 4.79 Å². The zero-order valence-electron chi connectivity index (χ0n) is 12.6. The smallest absolute Gasteiger partial charge is 0.232 e. The topological polar surface area (TPSA) is 20.3 Å². The molecule has 0 bridgehead atoms. The van der Waals surface area contributed by atoms with Gasteiger partial charge in [-0.25, -0.2) is 0 Å². The molecule has 2 rings (SSSR count). The lowest BCUT2D eigenvalue weighted by molar-refractivity contribution is -0.125. The van der Waals surface area contributed by atoms with Gasteiger partial charge in [-0.1, -0.05) is 69.3 Å². The fourth-order valence-corrected chi connectivity index (χ4v) is 2.24. The summed E-state index contributed by atoms with van der Waals surface area (Å²) >= 11 is 0. The summed E-state index contributed by atoms with van der Waals surface area (Å²) in [4.78, 5) is 14.2. The number of rotatable bonds is 2. The Balaban J connectivity index is 2.46. The van der Waals surface area contributed by atoms with E-state index in [4.69, 9.17) is 0 Å². The van der Waals surface area contributed by atoms with Crippen LogP contribution in [0.25, 0.3) is 11.1 Å². The van der Waals surface area contributed by atoms with Crippen LogP contribution in [0.5, 0.6) is 0 Å². The van der Waals surface area contributed by atoms with Gasteiger partial charge in [0.25, 0.3) is 0 Å². The van der Waals surface area contributed by atoms with Crippen LogP contribution in [-0.2, 0) is 4.79 Å². The van der Waals surface area contributed by atoms with Gasteiger partial charge in [-0.05, 0) is 11.6 Å². The first-order chi connectivity index (χ1) is 9.41. The van der Waals surface area contributed by atoms with Crippen molar-refractivity contribution in [3.05, 3.63) is 54.6 Å². The zero-order valence-corrected chi connectivity index (χ0v) is 12.6. The van der Waals surface area contributed by atoms with Gasteiger partial charge in [0.05, 0.1) is 5.69 Å². The molecule has 0 heterocycles. The molecule has 0 atom stereocenters. The Morgan fingerprint density at radius 3 is 2.05 bits per heavy atom. The van der Waals surface area contributed by atoms with E-state index in [0.29, 0.717) is 0 Å². The second kappa shape index (κ2) is 5.49. The van der Waals surface area contributed by atoms with Gasteiger partial charge < -0.3 is 4.90 Å². The average Bonchev–Trinajstić information content (AvgIpc) is 2.45. The summed E-state index contributed by atoms with van der Waals surface area (Å²) in [6, 6.07) is 18.2. The maximum atomic E-state index is 12.5. The highest BCUT2D eigenvalue weighted by Crippen LogP contribution is 2.32. The number of carbonyl (C=O) groups is 1. The van der Waals surface area contributed by atoms with Crippen molar-refractivity contribution in [1.82, 2.24) is 0 Å². The van der Waals surface area contributed by atoms with Crippen LogP contribution in [-0.4, -0.2) is 13.0 Å². The summed E-state index contributed by atoms with van der Waals surface area (Å²) in [5, 5.41) is 0. The van der Waals surface area contributed by atoms with Crippen molar-refractivity contribution in [2.24, 2.45) is 5.41 Å². The van der Waals surface area contributed by atoms with Crippen molar-refractivity contribution in [3.63, 3.8) is 0 Å². The second-order valence-corrected chi connectivity index (χ2v) is 6.00. The molecule has 0 unspecified atom stereocenters. The van der Waals surface area contributed by atoms with Gasteiger partial charge in [0.15, 0.2) is 0 Å². The maximum absolute atomic E-state index is 12.5. The van der Waals surface area contributed by atoms with Crippen molar-refractivity contribution >= 4 is 11.6 Å². The summed E-state index contributed by atoms with van der Waals surface area (Å²) in [5.74, 6) is 0.112. The molecule has 0 aliphatic rings. The maximum Gasteiger partial charge on any atom is 0.232 e. The van der Waals surface area contributed by atoms with Crippen molar-refractivity contribution in [1.29, 1.82) is 0 Å². The van der Waals surface area contributed by atoms with Crippen LogP contribution in [0.3, 0.4) is 0 Å². The van der Waals surface area contributed by atoms with Crippen LogP contribution >= 0.6 is 0 Å². The van der Waals surface area contributed by atoms with E-state index in [1.807, 2.05) is 64.2 Å². The number of hydrogen-bond donors (Lipinski definition) is 0. The molecule has 0 aliphatic heterocycles. The first-order valence-electron chi connectivity index (χ1n) is 6.84. The molecule has 2 nitrogen and oxygen atoms in total. The van der Waals surface area contributed by atoms with E-state index in [0.717, 1.165) is 16.8 Å². The van der Waals surface area contributed by atoms with Crippen molar-refractivity contribution < 1.29 is 4.79 Å². The highest BCUT2D eigenvalue weighted by molar-refractivity contribution is 5.99. The fraction of sp³-hybridized carbons (Fsp3) is 0.278. The molecular formula is C18H21NO. The molecule has 0 radical (unpaired) electrons. The number of benzene rings is 2. The normalized spacial score (nSPS) is 11.2. The summed E-state index contributed by atoms with van der Waals surface area (Å²) in [6.45, 7) is 5.82. The summed E-state index contributed by atoms with van der Waals surface area (Å²) in [6.07, 6.45) is 0. The van der Waals surface area contributed by atoms with E-state index < -0.39 is 5.41 Å². The van der Waals surface area contributed by atoms with Gasteiger partial charge in [0.2, 0.25) is 5.91 Å². The molecule has 104 valence electrons. The molecule has 0 fully saturated rings. The number of nitrogens with zero attached hydrogens (tertiary/aromatic N) is 1. The zero-order chi connectivity index (χ0) is 14.8. The lowest BCUT2D eigenvalue weighted by Gasteiger charge is -2.27. The minimum atomic E-state index is -0.390. The Bertz CT molecular complexity index is 596. The third-order valence-corrected chi connectivity index (χ3v) is 3.30. The van der Waals surface area contributed by atoms with Crippen LogP contribution in [0.2, 0.25) is 0 Å². The van der Waals surface area contributed by atoms with Gasteiger partial charge >= 0.3 is 0 Å². The van der Waals surface area contributed by atoms with E-state index in [1.165, 1.54) is 0 Å². The Hall–Kier alpha value is -2.09. The minimum absolute atomic E-state index is 0.112. The summed E-state index contributed by atoms with van der Waals surface area (Å²) in [7, 11) is 1.84. The molecule has 2 heteroatoms. The third-order valence-electron chi connectivity index (χ3n) is 3.30. The second-order valence-electron chi connectivity index (χ2n) is 6.00. The van der Waals surface area contributed by atoms with E-state index in [2.05, 4.69) is 18.2 Å². The van der Waals surface area contributed by atoms with Crippen LogP contribution in [0.15, 0.2) is 54.6 Å². The lowest BCUT2D eigenvalue weighted by Crippen LogP contribution is -2.36. The molecule has 0 aromatic heterocycles. The molecule has 0 saturated heterocycles. The lowest BCUT2D eigenvalue weighted by atomic mass is 9.94. The van der Waals surface area contributed by atoms with E-state index in [9.17, 15) is 4.79 Å². The predicted octanol–water partition coefficient (Wildman–Crippen LogP) is 4.36. The quantitative estimate of drug-likeness (QED) is 0.791. The number of hydrogen-bond acceptors (Lipinski definition) is 1. The molecule has 0 N–H and O–H groups in total. The van der Waals surface area contributed by atoms with Crippen LogP contribution in [0.4, 0.5) is 5.69 Å². The standard InChI is InChI=1S/C18H21NO/c1-18(2,3)17(20)19(4)16-13-9-8-12-15(16)14-10-6-5-7-11-14/h5-13H,1-4H3. The third kappa shape index (κ3) is 2.90. The highest BCUT2D eigenvalue weighted by Gasteiger charge is 2.26. The number of anilines is 1. The Kier molecular flexibility index (Phi) is 3.93. The van der Waals surface area contributed by atoms with Gasteiger partial charge in [-0.15, -0.1) is 0 Å². The SMILES string of the molecule is CN(C(=O)C(C)(C)C)c1ccccc1-c1ccccc1. The molecule has 20 heavy (non-hydrogen) atoms. The van der Waals surface area contributed by atoms with E-state index >= 15 is 0 Å². The van der Waals surface area contributed by atoms with Crippen LogP contribution in [0, 0.1) is 5.41 Å². The molecule has 0 saturated carbocycles. The number of carbonyl (C=O) groups excluding carboxylic acids is 1. The largest absolute Gasteiger partial charge is 0.314 e. The first-order valence-corrected chi connectivity index (χ1v) is 6.84. The fourth-order valence-electron chi connectivity index (χ4n) is 2.24. The van der Waals surface area contributed by atoms with Gasteiger partial charge in [0, 0.05) is 18.0 Å². The molecule has 0 aliphatic carbocycles. The van der Waals surface area contributed by atoms with Gasteiger partial charge in [0.1, 0.15) is 0 Å². The summed E-state index contributed by atoms with van der Waals surface area (Å²) < 4.78 is 0. The van der Waals surface area contributed by atoms with Gasteiger partial charge in [-0.2, -0.15) is 0 Å². The van der Waals surface area contributed by atoms with Crippen LogP contribution in [0.1, 0.15) is 20.8 Å². The number of amides is 1. The molecule has 2 aromatic rings. The summed E-state index contributed by atoms with van der Waals surface area (Å²) in [5.41, 5.74) is 2.75. The monoisotopic (exact) mass is 267 g/mol. The van der Waals surface area contributed by atoms with Crippen molar-refractivity contribution in [3.8, 4) is 11.1 Å². The van der Waals surface area contributed by atoms with Crippen LogP contribution < -0.4 is 4.90 Å². The van der Waals surface area contributed by atoms with E-state index in [-0.39, 0.29) is 5.91 Å². The molecule has 2 aromatic carbocycles. The highest BCUT2D eigenvalue weighted by atomic mass is 16.2. The van der Waals surface area contributed by atoms with Crippen molar-refractivity contribution in [2.45, 2.75) is 20.8 Å². The Morgan fingerprint density at radius 2 is 1.45 bits per heavy atom. The Morgan fingerprint density at radius 1 is 0.900 bits per heavy atom. The van der Waals surface area contributed by atoms with Crippen molar-refractivity contribution in [2.75, 3.05) is 11.9 Å². The number of para-hydroxylation sites is 1. The molecule has 0 spiro atoms.